The van der Waals surface area contributed by atoms with Gasteiger partial charge in [0.1, 0.15) is 29.8 Å². The van der Waals surface area contributed by atoms with Crippen molar-refractivity contribution in [3.8, 4) is 5.75 Å². The molecule has 1 fully saturated rings. The molecule has 2 atom stereocenters. The Morgan fingerprint density at radius 2 is 1.94 bits per heavy atom. The molecule has 4 N–H and O–H groups in total. The monoisotopic (exact) mass is 586 g/mol. The van der Waals surface area contributed by atoms with Crippen LogP contribution >= 0.6 is 34.2 Å². The summed E-state index contributed by atoms with van der Waals surface area (Å²) in [4.78, 5) is 0. The minimum atomic E-state index is -4.14. The first-order valence-corrected chi connectivity index (χ1v) is 12.2. The van der Waals surface area contributed by atoms with E-state index in [2.05, 4.69) is 10.0 Å². The number of aliphatic hydroxyl groups is 2. The van der Waals surface area contributed by atoms with Crippen LogP contribution in [0.5, 0.6) is 5.75 Å². The Hall–Kier alpha value is -1.41. The third-order valence-corrected chi connectivity index (χ3v) is 8.59. The molecule has 12 heteroatoms. The maximum Gasteiger partial charge on any atom is 0.238 e. The van der Waals surface area contributed by atoms with Crippen molar-refractivity contribution in [1.82, 2.24) is 0 Å². The van der Waals surface area contributed by atoms with Gasteiger partial charge in [-0.15, -0.1) is 0 Å². The number of hydrogen-bond donors (Lipinski definition) is 4. The fraction of sp³-hybridized carbons (Fsp3) is 0.368. The molecule has 2 unspecified atom stereocenters. The Bertz CT molecular complexity index is 1150. The van der Waals surface area contributed by atoms with Crippen molar-refractivity contribution < 1.29 is 32.1 Å². The normalized spacial score (nSPS) is 23.9. The zero-order chi connectivity index (χ0) is 22.6. The van der Waals surface area contributed by atoms with Crippen molar-refractivity contribution in [2.45, 2.75) is 36.2 Å². The highest BCUT2D eigenvalue weighted by Crippen LogP contribution is 2.50. The lowest BCUT2D eigenvalue weighted by Gasteiger charge is -2.28. The van der Waals surface area contributed by atoms with Crippen molar-refractivity contribution in [1.29, 1.82) is 0 Å². The number of aliphatic hydroxyl groups excluding tert-OH is 2. The molecule has 0 amide bonds. The molecule has 1 saturated carbocycles. The largest absolute Gasteiger partial charge is 0.488 e. The summed E-state index contributed by atoms with van der Waals surface area (Å²) in [6.45, 7) is -0.444. The van der Waals surface area contributed by atoms with Gasteiger partial charge in [0, 0.05) is 9.64 Å². The van der Waals surface area contributed by atoms with E-state index in [4.69, 9.17) is 16.3 Å². The number of halogens is 4. The van der Waals surface area contributed by atoms with Crippen molar-refractivity contribution >= 4 is 61.3 Å². The van der Waals surface area contributed by atoms with E-state index >= 15 is 0 Å². The minimum Gasteiger partial charge on any atom is -0.488 e. The lowest BCUT2D eigenvalue weighted by molar-refractivity contribution is -0.0129. The average Bonchev–Trinajstić information content (AvgIpc) is 3.48. The molecule has 31 heavy (non-hydrogen) atoms. The summed E-state index contributed by atoms with van der Waals surface area (Å²) in [5, 5.41) is 23.2. The third-order valence-electron chi connectivity index (χ3n) is 5.42. The predicted octanol–water partition coefficient (Wildman–Crippen LogP) is 3.75. The molecule has 7 nitrogen and oxygen atoms in total. The van der Waals surface area contributed by atoms with E-state index in [-0.39, 0.29) is 41.4 Å². The van der Waals surface area contributed by atoms with Crippen LogP contribution in [0.3, 0.4) is 0 Å². The van der Waals surface area contributed by atoms with Gasteiger partial charge in [0.25, 0.3) is 0 Å². The van der Waals surface area contributed by atoms with Crippen molar-refractivity contribution in [3.05, 3.63) is 44.5 Å². The minimum absolute atomic E-state index is 0.211. The molecule has 168 valence electrons. The summed E-state index contributed by atoms with van der Waals surface area (Å²) in [6, 6.07) is 5.51. The smallest absolute Gasteiger partial charge is 0.238 e. The highest BCUT2D eigenvalue weighted by Gasteiger charge is 2.56. The standard InChI is InChI=1S/C19H18ClF2IN2O5S/c20-10-5-9(23)1-2-12(10)24-18-16(22)11(21)6-15-17(18)25-31(28,29)19(3-4-19)7-13(26)14(27)8-30-15/h1-2,5-6,13-14,24-27H,3-4,7-8H2. The van der Waals surface area contributed by atoms with Gasteiger partial charge >= 0.3 is 0 Å². The maximum atomic E-state index is 14.8. The van der Waals surface area contributed by atoms with Gasteiger partial charge in [-0.05, 0) is 60.1 Å². The molecule has 1 aliphatic carbocycles. The van der Waals surface area contributed by atoms with E-state index in [1.165, 1.54) is 0 Å². The van der Waals surface area contributed by atoms with Crippen molar-refractivity contribution in [2.24, 2.45) is 0 Å². The van der Waals surface area contributed by atoms with Gasteiger partial charge in [0.2, 0.25) is 10.0 Å². The van der Waals surface area contributed by atoms with Crippen LogP contribution < -0.4 is 14.8 Å². The van der Waals surface area contributed by atoms with E-state index in [1.54, 1.807) is 18.2 Å². The summed E-state index contributed by atoms with van der Waals surface area (Å²) in [5.41, 5.74) is -0.627. The number of ether oxygens (including phenoxy) is 1. The van der Waals surface area contributed by atoms with E-state index in [0.717, 1.165) is 3.57 Å². The second-order valence-electron chi connectivity index (χ2n) is 7.61. The number of hydrogen-bond acceptors (Lipinski definition) is 6. The topological polar surface area (TPSA) is 108 Å². The molecule has 2 aromatic carbocycles. The molecule has 2 aromatic rings. The number of anilines is 3. The molecule has 0 saturated heterocycles. The SMILES string of the molecule is O=S1(=O)Nc2c(cc(F)c(F)c2Nc2ccc(I)cc2Cl)OCC(O)C(O)CC12CC2. The fourth-order valence-corrected chi connectivity index (χ4v) is 6.05. The van der Waals surface area contributed by atoms with Crippen LogP contribution in [0.15, 0.2) is 24.3 Å². The highest BCUT2D eigenvalue weighted by molar-refractivity contribution is 14.1. The summed E-state index contributed by atoms with van der Waals surface area (Å²) < 4.78 is 62.6. The van der Waals surface area contributed by atoms with Crippen LogP contribution in [0.4, 0.5) is 25.8 Å². The molecule has 0 aromatic heterocycles. The average molecular weight is 587 g/mol. The molecule has 1 aliphatic heterocycles. The van der Waals surface area contributed by atoms with Gasteiger partial charge in [-0.2, -0.15) is 0 Å². The van der Waals surface area contributed by atoms with Crippen LogP contribution in [-0.4, -0.2) is 42.2 Å². The molecular formula is C19H18ClF2IN2O5S. The van der Waals surface area contributed by atoms with Crippen LogP contribution in [0.1, 0.15) is 19.3 Å². The Labute approximate surface area is 195 Å². The van der Waals surface area contributed by atoms with Crippen molar-refractivity contribution in [3.63, 3.8) is 0 Å². The lowest BCUT2D eigenvalue weighted by Crippen LogP contribution is -2.41. The zero-order valence-corrected chi connectivity index (χ0v) is 19.6. The van der Waals surface area contributed by atoms with Crippen molar-refractivity contribution in [2.75, 3.05) is 16.6 Å². The van der Waals surface area contributed by atoms with Crippen LogP contribution in [0, 0.1) is 15.2 Å². The number of rotatable bonds is 2. The number of sulfonamides is 1. The summed E-state index contributed by atoms with van der Waals surface area (Å²) >= 11 is 8.23. The summed E-state index contributed by atoms with van der Waals surface area (Å²) in [6.07, 6.45) is -2.45. The maximum absolute atomic E-state index is 14.8. The summed E-state index contributed by atoms with van der Waals surface area (Å²) in [5.74, 6) is -2.96. The Morgan fingerprint density at radius 3 is 2.58 bits per heavy atom. The first kappa shape index (κ1) is 22.8. The molecule has 1 spiro atoms. The van der Waals surface area contributed by atoms with E-state index in [9.17, 15) is 27.4 Å². The molecule has 2 aliphatic rings. The number of nitrogens with one attached hydrogen (secondary N) is 2. The van der Waals surface area contributed by atoms with Gasteiger partial charge in [-0.3, -0.25) is 4.72 Å². The van der Waals surface area contributed by atoms with Gasteiger partial charge in [0.15, 0.2) is 11.6 Å². The van der Waals surface area contributed by atoms with Gasteiger partial charge in [-0.25, -0.2) is 17.2 Å². The fourth-order valence-electron chi connectivity index (χ4n) is 3.43. The van der Waals surface area contributed by atoms with Gasteiger partial charge < -0.3 is 20.3 Å². The van der Waals surface area contributed by atoms with Gasteiger partial charge in [0.05, 0.1) is 21.6 Å². The third kappa shape index (κ3) is 4.30. The number of benzene rings is 2. The van der Waals surface area contributed by atoms with Crippen LogP contribution in [0.25, 0.3) is 0 Å². The molecule has 0 radical (unpaired) electrons. The lowest BCUT2D eigenvalue weighted by atomic mass is 10.1. The quantitative estimate of drug-likeness (QED) is 0.400. The van der Waals surface area contributed by atoms with Crippen LogP contribution in [-0.2, 0) is 10.0 Å². The van der Waals surface area contributed by atoms with E-state index < -0.39 is 50.9 Å². The van der Waals surface area contributed by atoms with Crippen LogP contribution in [0.2, 0.25) is 5.02 Å². The zero-order valence-electron chi connectivity index (χ0n) is 15.8. The molecule has 1 heterocycles. The van der Waals surface area contributed by atoms with E-state index in [1.807, 2.05) is 22.6 Å². The first-order valence-electron chi connectivity index (χ1n) is 9.28. The summed E-state index contributed by atoms with van der Waals surface area (Å²) in [7, 11) is -4.14. The van der Waals surface area contributed by atoms with E-state index in [0.29, 0.717) is 6.07 Å². The molecule has 4 rings (SSSR count). The predicted molar refractivity (Wildman–Crippen MR) is 120 cm³/mol. The second kappa shape index (κ2) is 8.18. The first-order chi connectivity index (χ1) is 14.5. The Balaban J connectivity index is 1.86. The Morgan fingerprint density at radius 1 is 1.23 bits per heavy atom. The number of fused-ring (bicyclic) bond motifs is 1. The second-order valence-corrected chi connectivity index (χ2v) is 11.3. The molecule has 0 bridgehead atoms. The Kier molecular flexibility index (Phi) is 6.01. The highest BCUT2D eigenvalue weighted by atomic mass is 127. The van der Waals surface area contributed by atoms with Gasteiger partial charge in [-0.1, -0.05) is 11.6 Å². The molecular weight excluding hydrogens is 569 g/mol.